The number of amides is 2. The second kappa shape index (κ2) is 5.81. The summed E-state index contributed by atoms with van der Waals surface area (Å²) in [5.74, 6) is -1.72. The average molecular weight is 282 g/mol. The van der Waals surface area contributed by atoms with E-state index in [4.69, 9.17) is 0 Å². The predicted octanol–water partition coefficient (Wildman–Crippen LogP) is 0.758. The van der Waals surface area contributed by atoms with Gasteiger partial charge in [-0.2, -0.15) is 0 Å². The lowest BCUT2D eigenvalue weighted by Gasteiger charge is -2.37. The Hall–Kier alpha value is -1.59. The van der Waals surface area contributed by atoms with Gasteiger partial charge >= 0.3 is 5.97 Å². The van der Waals surface area contributed by atoms with E-state index in [-0.39, 0.29) is 5.91 Å². The standard InChI is InChI=1S/C14H22N2O4/c1-10(11(17)16-8-3-2-4-9-16)15-12(18)14(13(19)20)6-5-7-14/h10H,2-9H2,1H3,(H,15,18)(H,19,20). The van der Waals surface area contributed by atoms with Crippen molar-refractivity contribution in [2.75, 3.05) is 13.1 Å². The third-order valence-electron chi connectivity index (χ3n) is 4.44. The normalized spacial score (nSPS) is 22.6. The van der Waals surface area contributed by atoms with Crippen LogP contribution < -0.4 is 5.32 Å². The van der Waals surface area contributed by atoms with E-state index < -0.39 is 23.3 Å². The quantitative estimate of drug-likeness (QED) is 0.745. The lowest BCUT2D eigenvalue weighted by Crippen LogP contribution is -2.56. The van der Waals surface area contributed by atoms with Gasteiger partial charge in [0.05, 0.1) is 0 Å². The number of piperidine rings is 1. The number of carbonyl (C=O) groups excluding carboxylic acids is 2. The summed E-state index contributed by atoms with van der Waals surface area (Å²) >= 11 is 0. The largest absolute Gasteiger partial charge is 0.480 e. The number of rotatable bonds is 4. The Morgan fingerprint density at radius 2 is 1.70 bits per heavy atom. The Bertz CT molecular complexity index is 411. The molecule has 1 unspecified atom stereocenters. The van der Waals surface area contributed by atoms with E-state index in [0.29, 0.717) is 12.8 Å². The van der Waals surface area contributed by atoms with E-state index in [2.05, 4.69) is 5.32 Å². The van der Waals surface area contributed by atoms with Gasteiger partial charge in [-0.25, -0.2) is 0 Å². The van der Waals surface area contributed by atoms with Gasteiger partial charge in [0.25, 0.3) is 0 Å². The summed E-state index contributed by atoms with van der Waals surface area (Å²) in [6.07, 6.45) is 4.58. The maximum Gasteiger partial charge on any atom is 0.319 e. The van der Waals surface area contributed by atoms with Crippen LogP contribution >= 0.6 is 0 Å². The van der Waals surface area contributed by atoms with Crippen LogP contribution in [-0.4, -0.2) is 46.9 Å². The molecule has 1 saturated carbocycles. The molecule has 0 aromatic heterocycles. The molecule has 6 heteroatoms. The van der Waals surface area contributed by atoms with Gasteiger partial charge in [0.15, 0.2) is 0 Å². The number of hydrogen-bond donors (Lipinski definition) is 2. The zero-order valence-corrected chi connectivity index (χ0v) is 11.9. The number of nitrogens with zero attached hydrogens (tertiary/aromatic N) is 1. The zero-order chi connectivity index (χ0) is 14.8. The zero-order valence-electron chi connectivity index (χ0n) is 11.9. The smallest absolute Gasteiger partial charge is 0.319 e. The highest BCUT2D eigenvalue weighted by atomic mass is 16.4. The molecule has 1 atom stereocenters. The summed E-state index contributed by atoms with van der Waals surface area (Å²) in [4.78, 5) is 37.3. The summed E-state index contributed by atoms with van der Waals surface area (Å²) in [5, 5.41) is 11.8. The van der Waals surface area contributed by atoms with Gasteiger partial charge in [0, 0.05) is 13.1 Å². The fraction of sp³-hybridized carbons (Fsp3) is 0.786. The minimum atomic E-state index is -1.31. The van der Waals surface area contributed by atoms with Crippen LogP contribution in [-0.2, 0) is 14.4 Å². The molecule has 1 saturated heterocycles. The third kappa shape index (κ3) is 2.64. The highest BCUT2D eigenvalue weighted by molar-refractivity contribution is 6.04. The number of carboxylic acid groups (broad SMARTS) is 1. The lowest BCUT2D eigenvalue weighted by atomic mass is 9.68. The summed E-state index contributed by atoms with van der Waals surface area (Å²) in [6, 6.07) is -0.655. The van der Waals surface area contributed by atoms with Gasteiger partial charge in [-0.15, -0.1) is 0 Å². The molecule has 2 aliphatic rings. The van der Waals surface area contributed by atoms with Crippen molar-refractivity contribution in [3.05, 3.63) is 0 Å². The van der Waals surface area contributed by atoms with Crippen molar-refractivity contribution in [1.82, 2.24) is 10.2 Å². The van der Waals surface area contributed by atoms with Gasteiger partial charge in [0.1, 0.15) is 11.5 Å². The Kier molecular flexibility index (Phi) is 4.30. The summed E-state index contributed by atoms with van der Waals surface area (Å²) in [5.41, 5.74) is -1.31. The summed E-state index contributed by atoms with van der Waals surface area (Å²) < 4.78 is 0. The number of carbonyl (C=O) groups is 3. The van der Waals surface area contributed by atoms with Crippen molar-refractivity contribution in [3.8, 4) is 0 Å². The van der Waals surface area contributed by atoms with Crippen molar-refractivity contribution in [2.24, 2.45) is 5.41 Å². The van der Waals surface area contributed by atoms with E-state index >= 15 is 0 Å². The van der Waals surface area contributed by atoms with Gasteiger partial charge in [-0.1, -0.05) is 6.42 Å². The number of carboxylic acids is 1. The minimum Gasteiger partial charge on any atom is -0.480 e. The molecule has 0 radical (unpaired) electrons. The molecular weight excluding hydrogens is 260 g/mol. The van der Waals surface area contributed by atoms with Crippen LogP contribution in [0, 0.1) is 5.41 Å². The molecule has 2 rings (SSSR count). The van der Waals surface area contributed by atoms with E-state index in [9.17, 15) is 19.5 Å². The first kappa shape index (κ1) is 14.8. The first-order chi connectivity index (χ1) is 9.47. The molecule has 1 aliphatic carbocycles. The monoisotopic (exact) mass is 282 g/mol. The molecular formula is C14H22N2O4. The predicted molar refractivity (Wildman–Crippen MR) is 72.0 cm³/mol. The van der Waals surface area contributed by atoms with Gasteiger partial charge < -0.3 is 15.3 Å². The lowest BCUT2D eigenvalue weighted by molar-refractivity contribution is -0.163. The number of likely N-dealkylation sites (tertiary alicyclic amines) is 1. The molecule has 112 valence electrons. The molecule has 1 heterocycles. The molecule has 0 aromatic rings. The molecule has 2 amide bonds. The molecule has 6 nitrogen and oxygen atoms in total. The number of aliphatic carboxylic acids is 1. The highest BCUT2D eigenvalue weighted by Gasteiger charge is 2.51. The van der Waals surface area contributed by atoms with Crippen LogP contribution in [0.2, 0.25) is 0 Å². The van der Waals surface area contributed by atoms with E-state index in [1.165, 1.54) is 0 Å². The number of hydrogen-bond acceptors (Lipinski definition) is 3. The van der Waals surface area contributed by atoms with E-state index in [1.807, 2.05) is 0 Å². The Morgan fingerprint density at radius 3 is 2.15 bits per heavy atom. The van der Waals surface area contributed by atoms with Crippen LogP contribution in [0.25, 0.3) is 0 Å². The first-order valence-electron chi connectivity index (χ1n) is 7.30. The van der Waals surface area contributed by atoms with Crippen LogP contribution in [0.4, 0.5) is 0 Å². The fourth-order valence-corrected chi connectivity index (χ4v) is 2.85. The van der Waals surface area contributed by atoms with Crippen molar-refractivity contribution >= 4 is 17.8 Å². The van der Waals surface area contributed by atoms with Crippen molar-refractivity contribution in [1.29, 1.82) is 0 Å². The first-order valence-corrected chi connectivity index (χ1v) is 7.30. The Balaban J connectivity index is 1.93. The Labute approximate surface area is 118 Å². The molecule has 2 N–H and O–H groups in total. The fourth-order valence-electron chi connectivity index (χ4n) is 2.85. The molecule has 0 spiro atoms. The van der Waals surface area contributed by atoms with E-state index in [1.54, 1.807) is 11.8 Å². The highest BCUT2D eigenvalue weighted by Crippen LogP contribution is 2.41. The second-order valence-corrected chi connectivity index (χ2v) is 5.82. The molecule has 1 aliphatic heterocycles. The molecule has 20 heavy (non-hydrogen) atoms. The van der Waals surface area contributed by atoms with Crippen molar-refractivity contribution in [2.45, 2.75) is 51.5 Å². The Morgan fingerprint density at radius 1 is 1.10 bits per heavy atom. The van der Waals surface area contributed by atoms with Crippen molar-refractivity contribution < 1.29 is 19.5 Å². The van der Waals surface area contributed by atoms with Crippen molar-refractivity contribution in [3.63, 3.8) is 0 Å². The second-order valence-electron chi connectivity index (χ2n) is 5.82. The molecule has 2 fully saturated rings. The SMILES string of the molecule is CC(NC(=O)C1(C(=O)O)CCC1)C(=O)N1CCCCC1. The maximum absolute atomic E-state index is 12.2. The van der Waals surface area contributed by atoms with E-state index in [0.717, 1.165) is 38.8 Å². The van der Waals surface area contributed by atoms with Crippen LogP contribution in [0.15, 0.2) is 0 Å². The van der Waals surface area contributed by atoms with Crippen LogP contribution in [0.3, 0.4) is 0 Å². The summed E-state index contributed by atoms with van der Waals surface area (Å²) in [7, 11) is 0. The third-order valence-corrected chi connectivity index (χ3v) is 4.44. The molecule has 0 aromatic carbocycles. The summed E-state index contributed by atoms with van der Waals surface area (Å²) in [6.45, 7) is 3.08. The van der Waals surface area contributed by atoms with Gasteiger partial charge in [-0.05, 0) is 39.0 Å². The van der Waals surface area contributed by atoms with Crippen LogP contribution in [0.1, 0.15) is 45.4 Å². The number of nitrogens with one attached hydrogen (secondary N) is 1. The van der Waals surface area contributed by atoms with Gasteiger partial charge in [-0.3, -0.25) is 14.4 Å². The topological polar surface area (TPSA) is 86.7 Å². The van der Waals surface area contributed by atoms with Crippen LogP contribution in [0.5, 0.6) is 0 Å². The minimum absolute atomic E-state index is 0.113. The maximum atomic E-state index is 12.2. The molecule has 0 bridgehead atoms. The average Bonchev–Trinajstić information content (AvgIpc) is 2.36. The van der Waals surface area contributed by atoms with Gasteiger partial charge in [0.2, 0.25) is 11.8 Å².